The molecule has 0 saturated heterocycles. The van der Waals surface area contributed by atoms with E-state index in [4.69, 9.17) is 0 Å². The molecule has 58 heavy (non-hydrogen) atoms. The van der Waals surface area contributed by atoms with E-state index in [1.165, 1.54) is 27.2 Å². The molecule has 0 unspecified atom stereocenters. The maximum atomic E-state index is 15.0. The molecule has 1 aliphatic heterocycles. The summed E-state index contributed by atoms with van der Waals surface area (Å²) in [5.41, 5.74) is 17.2. The number of carbonyl (C=O) groups excluding carboxylic acids is 2. The molecule has 2 heterocycles. The Labute approximate surface area is 338 Å². The third kappa shape index (κ3) is 5.84. The van der Waals surface area contributed by atoms with Gasteiger partial charge in [0.2, 0.25) is 0 Å². The summed E-state index contributed by atoms with van der Waals surface area (Å²) < 4.78 is 2.17. The summed E-state index contributed by atoms with van der Waals surface area (Å²) in [7, 11) is 0. The molecule has 4 heteroatoms. The van der Waals surface area contributed by atoms with E-state index in [9.17, 15) is 4.79 Å². The predicted molar refractivity (Wildman–Crippen MR) is 239 cm³/mol. The first-order chi connectivity index (χ1) is 28.2. The average molecular weight is 749 g/mol. The number of carbonyl (C=O) groups is 2. The highest BCUT2D eigenvalue weighted by Crippen LogP contribution is 2.43. The van der Waals surface area contributed by atoms with Crippen molar-refractivity contribution < 1.29 is 9.59 Å². The van der Waals surface area contributed by atoms with Crippen LogP contribution in [0.4, 0.5) is 5.69 Å². The van der Waals surface area contributed by atoms with Crippen LogP contribution in [0.1, 0.15) is 43.0 Å². The van der Waals surface area contributed by atoms with Gasteiger partial charge < -0.3 is 4.57 Å². The summed E-state index contributed by atoms with van der Waals surface area (Å²) in [4.78, 5) is 31.0. The van der Waals surface area contributed by atoms with Crippen LogP contribution in [0.25, 0.3) is 72.0 Å². The number of hydrogen-bond acceptors (Lipinski definition) is 2. The highest BCUT2D eigenvalue weighted by Gasteiger charge is 2.40. The van der Waals surface area contributed by atoms with Crippen molar-refractivity contribution in [3.8, 4) is 50.2 Å². The highest BCUT2D eigenvalue weighted by atomic mass is 16.2. The standard InChI is InChI=1S/C54H40N2O2/c1-33-24-34(2)27-42(26-33)40-19-22-49-46(31-40)47-32-41(43-28-35(3)25-36(4)29-43)20-23-50(47)55(49)51-17-11-16-44-52(51)54(58)56(53(44)57)48-21-18-39(37-12-7-5-8-13-37)30-45(48)38-14-9-6-10-15-38/h5-32H,1-4H3. The van der Waals surface area contributed by atoms with E-state index in [1.807, 2.05) is 72.8 Å². The fourth-order valence-electron chi connectivity index (χ4n) is 8.99. The second kappa shape index (κ2) is 13.7. The molecule has 0 aliphatic carbocycles. The Morgan fingerprint density at radius 2 is 0.845 bits per heavy atom. The third-order valence-corrected chi connectivity index (χ3v) is 11.4. The Kier molecular flexibility index (Phi) is 8.31. The lowest BCUT2D eigenvalue weighted by Crippen LogP contribution is -2.30. The number of fused-ring (bicyclic) bond motifs is 4. The molecule has 0 fully saturated rings. The topological polar surface area (TPSA) is 42.3 Å². The van der Waals surface area contributed by atoms with Gasteiger partial charge in [0.05, 0.1) is 33.5 Å². The SMILES string of the molecule is Cc1cc(C)cc(-c2ccc3c(c2)c2cc(-c4cc(C)cc(C)c4)ccc2n3-c2cccc3c2C(=O)N(c2ccc(-c4ccccc4)cc2-c2ccccc2)C3=O)c1. The molecule has 2 amide bonds. The minimum Gasteiger partial charge on any atom is -0.308 e. The van der Waals surface area contributed by atoms with E-state index in [1.54, 1.807) is 6.07 Å². The second-order valence-corrected chi connectivity index (χ2v) is 15.7. The third-order valence-electron chi connectivity index (χ3n) is 11.4. The van der Waals surface area contributed by atoms with E-state index < -0.39 is 0 Å². The minimum atomic E-state index is -0.339. The Balaban J connectivity index is 1.17. The van der Waals surface area contributed by atoms with E-state index >= 15 is 4.79 Å². The lowest BCUT2D eigenvalue weighted by Gasteiger charge is -2.20. The van der Waals surface area contributed by atoms with Crippen molar-refractivity contribution in [2.45, 2.75) is 27.7 Å². The Morgan fingerprint density at radius 1 is 0.345 bits per heavy atom. The zero-order chi connectivity index (χ0) is 39.7. The van der Waals surface area contributed by atoms with Gasteiger partial charge in [-0.25, -0.2) is 4.90 Å². The van der Waals surface area contributed by atoms with Gasteiger partial charge in [-0.2, -0.15) is 0 Å². The molecule has 278 valence electrons. The number of aromatic nitrogens is 1. The van der Waals surface area contributed by atoms with Crippen molar-refractivity contribution in [3.63, 3.8) is 0 Å². The molecule has 9 aromatic rings. The van der Waals surface area contributed by atoms with Crippen LogP contribution in [0.15, 0.2) is 170 Å². The van der Waals surface area contributed by atoms with Gasteiger partial charge in [0.25, 0.3) is 11.8 Å². The summed E-state index contributed by atoms with van der Waals surface area (Å²) >= 11 is 0. The van der Waals surface area contributed by atoms with Crippen LogP contribution < -0.4 is 4.90 Å². The van der Waals surface area contributed by atoms with Crippen molar-refractivity contribution in [3.05, 3.63) is 203 Å². The molecule has 4 nitrogen and oxygen atoms in total. The Morgan fingerprint density at radius 3 is 1.40 bits per heavy atom. The predicted octanol–water partition coefficient (Wildman–Crippen LogP) is 13.5. The number of benzene rings is 8. The number of amides is 2. The van der Waals surface area contributed by atoms with Gasteiger partial charge in [0.1, 0.15) is 0 Å². The van der Waals surface area contributed by atoms with Crippen LogP contribution in [0.3, 0.4) is 0 Å². The van der Waals surface area contributed by atoms with E-state index in [2.05, 4.69) is 123 Å². The normalized spacial score (nSPS) is 12.5. The van der Waals surface area contributed by atoms with E-state index in [-0.39, 0.29) is 11.8 Å². The lowest BCUT2D eigenvalue weighted by molar-refractivity contribution is 0.0926. The first kappa shape index (κ1) is 35.1. The Hall–Kier alpha value is -7.30. The second-order valence-electron chi connectivity index (χ2n) is 15.7. The fourth-order valence-corrected chi connectivity index (χ4v) is 8.99. The van der Waals surface area contributed by atoms with Gasteiger partial charge in [-0.05, 0) is 115 Å². The van der Waals surface area contributed by atoms with Crippen LogP contribution >= 0.6 is 0 Å². The zero-order valence-electron chi connectivity index (χ0n) is 32.9. The fraction of sp³-hybridized carbons (Fsp3) is 0.0741. The van der Waals surface area contributed by atoms with Gasteiger partial charge in [0, 0.05) is 16.3 Å². The molecule has 10 rings (SSSR count). The van der Waals surface area contributed by atoms with Gasteiger partial charge in [-0.1, -0.05) is 144 Å². The number of hydrogen-bond donors (Lipinski definition) is 0. The molecule has 1 aromatic heterocycles. The highest BCUT2D eigenvalue weighted by molar-refractivity contribution is 6.36. The smallest absolute Gasteiger partial charge is 0.268 e. The van der Waals surface area contributed by atoms with E-state index in [0.29, 0.717) is 22.5 Å². The zero-order valence-corrected chi connectivity index (χ0v) is 32.9. The maximum absolute atomic E-state index is 15.0. The van der Waals surface area contributed by atoms with Crippen LogP contribution in [-0.2, 0) is 0 Å². The number of nitrogens with zero attached hydrogens (tertiary/aromatic N) is 2. The van der Waals surface area contributed by atoms with Crippen molar-refractivity contribution in [1.82, 2.24) is 4.57 Å². The largest absolute Gasteiger partial charge is 0.308 e. The van der Waals surface area contributed by atoms with Crippen molar-refractivity contribution >= 4 is 39.3 Å². The number of imide groups is 1. The molecule has 0 N–H and O–H groups in total. The number of anilines is 1. The van der Waals surface area contributed by atoms with Crippen molar-refractivity contribution in [2.24, 2.45) is 0 Å². The minimum absolute atomic E-state index is 0.332. The molecule has 0 radical (unpaired) electrons. The molecular formula is C54H40N2O2. The maximum Gasteiger partial charge on any atom is 0.268 e. The van der Waals surface area contributed by atoms with Crippen LogP contribution in [0.5, 0.6) is 0 Å². The summed E-state index contributed by atoms with van der Waals surface area (Å²) in [5.74, 6) is -0.671. The Bertz CT molecular complexity index is 2990. The molecule has 0 atom stereocenters. The van der Waals surface area contributed by atoms with Gasteiger partial charge in [0.15, 0.2) is 0 Å². The quantitative estimate of drug-likeness (QED) is 0.159. The number of rotatable bonds is 6. The molecule has 0 spiro atoms. The van der Waals surface area contributed by atoms with Gasteiger partial charge in [-0.3, -0.25) is 9.59 Å². The molecule has 1 aliphatic rings. The summed E-state index contributed by atoms with van der Waals surface area (Å²) in [6.07, 6.45) is 0. The first-order valence-corrected chi connectivity index (χ1v) is 19.7. The van der Waals surface area contributed by atoms with E-state index in [0.717, 1.165) is 66.3 Å². The summed E-state index contributed by atoms with van der Waals surface area (Å²) in [6.45, 7) is 8.54. The molecular weight excluding hydrogens is 709 g/mol. The summed E-state index contributed by atoms with van der Waals surface area (Å²) in [5, 5.41) is 2.15. The monoisotopic (exact) mass is 748 g/mol. The van der Waals surface area contributed by atoms with Gasteiger partial charge in [-0.15, -0.1) is 0 Å². The average Bonchev–Trinajstić information content (AvgIpc) is 3.69. The van der Waals surface area contributed by atoms with Crippen LogP contribution in [-0.4, -0.2) is 16.4 Å². The summed E-state index contributed by atoms with van der Waals surface area (Å²) in [6, 6.07) is 58.3. The van der Waals surface area contributed by atoms with Gasteiger partial charge >= 0.3 is 0 Å². The molecule has 0 saturated carbocycles. The first-order valence-electron chi connectivity index (χ1n) is 19.7. The molecule has 8 aromatic carbocycles. The molecule has 0 bridgehead atoms. The van der Waals surface area contributed by atoms with Crippen molar-refractivity contribution in [1.29, 1.82) is 0 Å². The van der Waals surface area contributed by atoms with Crippen molar-refractivity contribution in [2.75, 3.05) is 4.90 Å². The van der Waals surface area contributed by atoms with Crippen LogP contribution in [0.2, 0.25) is 0 Å². The lowest BCUT2D eigenvalue weighted by atomic mass is 9.97. The van der Waals surface area contributed by atoms with Crippen LogP contribution in [0, 0.1) is 27.7 Å². The number of aryl methyl sites for hydroxylation is 4.